The average molecular weight is 458 g/mol. The molecule has 0 bridgehead atoms. The minimum absolute atomic E-state index is 0.0396. The molecule has 1 saturated heterocycles. The molecular formula is C24H28ClN3O4. The van der Waals surface area contributed by atoms with Gasteiger partial charge in [0.05, 0.1) is 18.7 Å². The van der Waals surface area contributed by atoms with Crippen molar-refractivity contribution in [1.29, 1.82) is 0 Å². The summed E-state index contributed by atoms with van der Waals surface area (Å²) in [5.41, 5.74) is 2.11. The molecule has 1 heterocycles. The van der Waals surface area contributed by atoms with E-state index in [-0.39, 0.29) is 36.6 Å². The summed E-state index contributed by atoms with van der Waals surface area (Å²) >= 11 is 6.09. The number of nitrogens with zero attached hydrogens (tertiary/aromatic N) is 1. The Morgan fingerprint density at radius 1 is 1.22 bits per heavy atom. The molecule has 170 valence electrons. The van der Waals surface area contributed by atoms with Crippen molar-refractivity contribution < 1.29 is 19.1 Å². The third-order valence-electron chi connectivity index (χ3n) is 5.20. The Morgan fingerprint density at radius 2 is 2.00 bits per heavy atom. The van der Waals surface area contributed by atoms with E-state index in [1.165, 1.54) is 7.11 Å². The molecule has 1 aliphatic heterocycles. The number of hydrogen-bond acceptors (Lipinski definition) is 4. The van der Waals surface area contributed by atoms with Gasteiger partial charge in [-0.1, -0.05) is 37.6 Å². The van der Waals surface area contributed by atoms with Crippen LogP contribution in [0.3, 0.4) is 0 Å². The second kappa shape index (κ2) is 10.5. The lowest BCUT2D eigenvalue weighted by molar-refractivity contribution is -0.126. The van der Waals surface area contributed by atoms with Crippen LogP contribution in [0.5, 0.6) is 5.75 Å². The molecule has 3 rings (SSSR count). The molecule has 1 aliphatic rings. The van der Waals surface area contributed by atoms with Crippen molar-refractivity contribution in [1.82, 2.24) is 5.32 Å². The Labute approximate surface area is 193 Å². The maximum atomic E-state index is 12.7. The molecule has 1 atom stereocenters. The van der Waals surface area contributed by atoms with Crippen LogP contribution in [0.25, 0.3) is 0 Å². The summed E-state index contributed by atoms with van der Waals surface area (Å²) in [7, 11) is 1.52. The van der Waals surface area contributed by atoms with Crippen LogP contribution in [0.1, 0.15) is 32.3 Å². The molecule has 8 heteroatoms. The fourth-order valence-electron chi connectivity index (χ4n) is 3.67. The molecule has 3 amide bonds. The Kier molecular flexibility index (Phi) is 7.75. The standard InChI is InChI=1S/C24H28ClN3O4/c1-15(2)9-22(29)27-19-6-4-5-16(10-19)13-26-24(31)17-11-23(30)28(14-17)20-12-18(25)7-8-21(20)32-3/h4-8,10,12,15,17H,9,11,13-14H2,1-3H3,(H,26,31)(H,27,29). The highest BCUT2D eigenvalue weighted by Crippen LogP contribution is 2.35. The first-order chi connectivity index (χ1) is 15.3. The number of anilines is 2. The number of methoxy groups -OCH3 is 1. The Bertz CT molecular complexity index is 1010. The van der Waals surface area contributed by atoms with E-state index in [1.807, 2.05) is 38.1 Å². The van der Waals surface area contributed by atoms with Gasteiger partial charge in [0.2, 0.25) is 17.7 Å². The van der Waals surface area contributed by atoms with Crippen molar-refractivity contribution in [2.75, 3.05) is 23.9 Å². The summed E-state index contributed by atoms with van der Waals surface area (Å²) in [6, 6.07) is 12.4. The number of nitrogens with one attached hydrogen (secondary N) is 2. The number of benzene rings is 2. The first kappa shape index (κ1) is 23.6. The van der Waals surface area contributed by atoms with Crippen LogP contribution in [-0.4, -0.2) is 31.4 Å². The highest BCUT2D eigenvalue weighted by Gasteiger charge is 2.36. The summed E-state index contributed by atoms with van der Waals surface area (Å²) in [5.74, 6) is -0.0582. The average Bonchev–Trinajstić information content (AvgIpc) is 3.13. The second-order valence-electron chi connectivity index (χ2n) is 8.29. The summed E-state index contributed by atoms with van der Waals surface area (Å²) in [5, 5.41) is 6.26. The van der Waals surface area contributed by atoms with Crippen molar-refractivity contribution in [3.05, 3.63) is 53.1 Å². The zero-order valence-electron chi connectivity index (χ0n) is 18.5. The molecule has 1 fully saturated rings. The zero-order chi connectivity index (χ0) is 23.3. The SMILES string of the molecule is COc1ccc(Cl)cc1N1CC(C(=O)NCc2cccc(NC(=O)CC(C)C)c2)CC1=O. The van der Waals surface area contributed by atoms with Gasteiger partial charge < -0.3 is 20.3 Å². The van der Waals surface area contributed by atoms with E-state index in [0.29, 0.717) is 35.1 Å². The predicted molar refractivity (Wildman–Crippen MR) is 125 cm³/mol. The zero-order valence-corrected chi connectivity index (χ0v) is 19.2. The quantitative estimate of drug-likeness (QED) is 0.627. The van der Waals surface area contributed by atoms with Crippen molar-refractivity contribution in [2.24, 2.45) is 11.8 Å². The van der Waals surface area contributed by atoms with Crippen molar-refractivity contribution >= 4 is 40.7 Å². The largest absolute Gasteiger partial charge is 0.495 e. The van der Waals surface area contributed by atoms with Gasteiger partial charge in [0.25, 0.3) is 0 Å². The van der Waals surface area contributed by atoms with E-state index in [4.69, 9.17) is 16.3 Å². The minimum Gasteiger partial charge on any atom is -0.495 e. The molecule has 7 nitrogen and oxygen atoms in total. The number of halogens is 1. The van der Waals surface area contributed by atoms with Crippen LogP contribution in [0, 0.1) is 11.8 Å². The molecule has 32 heavy (non-hydrogen) atoms. The maximum absolute atomic E-state index is 12.7. The first-order valence-electron chi connectivity index (χ1n) is 10.6. The topological polar surface area (TPSA) is 87.7 Å². The molecule has 2 N–H and O–H groups in total. The summed E-state index contributed by atoms with van der Waals surface area (Å²) < 4.78 is 5.34. The lowest BCUT2D eigenvalue weighted by atomic mass is 10.1. The molecule has 0 aliphatic carbocycles. The van der Waals surface area contributed by atoms with Crippen LogP contribution >= 0.6 is 11.6 Å². The summed E-state index contributed by atoms with van der Waals surface area (Å²) in [6.45, 7) is 4.54. The van der Waals surface area contributed by atoms with Gasteiger partial charge in [-0.2, -0.15) is 0 Å². The highest BCUT2D eigenvalue weighted by molar-refractivity contribution is 6.31. The Balaban J connectivity index is 1.59. The molecule has 0 spiro atoms. The molecule has 1 unspecified atom stereocenters. The predicted octanol–water partition coefficient (Wildman–Crippen LogP) is 4.00. The number of amides is 3. The van der Waals surface area contributed by atoms with E-state index in [1.54, 1.807) is 23.1 Å². The van der Waals surface area contributed by atoms with Gasteiger partial charge in [-0.25, -0.2) is 0 Å². The van der Waals surface area contributed by atoms with Crippen LogP contribution in [0.4, 0.5) is 11.4 Å². The van der Waals surface area contributed by atoms with Gasteiger partial charge in [-0.05, 0) is 41.8 Å². The highest BCUT2D eigenvalue weighted by atomic mass is 35.5. The monoisotopic (exact) mass is 457 g/mol. The van der Waals surface area contributed by atoms with Gasteiger partial charge in [-0.15, -0.1) is 0 Å². The number of hydrogen-bond donors (Lipinski definition) is 2. The normalized spacial score (nSPS) is 15.7. The van der Waals surface area contributed by atoms with Gasteiger partial charge in [0.1, 0.15) is 5.75 Å². The second-order valence-corrected chi connectivity index (χ2v) is 8.72. The summed E-state index contributed by atoms with van der Waals surface area (Å²) in [6.07, 6.45) is 0.567. The Morgan fingerprint density at radius 3 is 2.72 bits per heavy atom. The van der Waals surface area contributed by atoms with E-state index < -0.39 is 5.92 Å². The number of rotatable bonds is 8. The molecular weight excluding hydrogens is 430 g/mol. The smallest absolute Gasteiger partial charge is 0.227 e. The van der Waals surface area contributed by atoms with E-state index in [0.717, 1.165) is 5.56 Å². The van der Waals surface area contributed by atoms with Gasteiger partial charge in [0, 0.05) is 36.6 Å². The molecule has 2 aromatic rings. The first-order valence-corrected chi connectivity index (χ1v) is 10.9. The lowest BCUT2D eigenvalue weighted by Crippen LogP contribution is -2.32. The maximum Gasteiger partial charge on any atom is 0.227 e. The fraction of sp³-hybridized carbons (Fsp3) is 0.375. The van der Waals surface area contributed by atoms with Crippen LogP contribution in [0.15, 0.2) is 42.5 Å². The number of ether oxygens (including phenoxy) is 1. The third kappa shape index (κ3) is 6.01. The van der Waals surface area contributed by atoms with Gasteiger partial charge >= 0.3 is 0 Å². The fourth-order valence-corrected chi connectivity index (χ4v) is 3.83. The third-order valence-corrected chi connectivity index (χ3v) is 5.43. The molecule has 0 aromatic heterocycles. The number of carbonyl (C=O) groups is 3. The van der Waals surface area contributed by atoms with Gasteiger partial charge in [0.15, 0.2) is 0 Å². The minimum atomic E-state index is -0.472. The van der Waals surface area contributed by atoms with Crippen LogP contribution in [0.2, 0.25) is 5.02 Å². The van der Waals surface area contributed by atoms with Crippen molar-refractivity contribution in [3.8, 4) is 5.75 Å². The van der Waals surface area contributed by atoms with Crippen molar-refractivity contribution in [3.63, 3.8) is 0 Å². The molecule has 0 radical (unpaired) electrons. The van der Waals surface area contributed by atoms with Gasteiger partial charge in [-0.3, -0.25) is 14.4 Å². The molecule has 0 saturated carbocycles. The van der Waals surface area contributed by atoms with Crippen molar-refractivity contribution in [2.45, 2.75) is 33.2 Å². The lowest BCUT2D eigenvalue weighted by Gasteiger charge is -2.20. The van der Waals surface area contributed by atoms with E-state index in [9.17, 15) is 14.4 Å². The van der Waals surface area contributed by atoms with Crippen LogP contribution < -0.4 is 20.3 Å². The van der Waals surface area contributed by atoms with E-state index in [2.05, 4.69) is 10.6 Å². The van der Waals surface area contributed by atoms with E-state index >= 15 is 0 Å². The molecule has 2 aromatic carbocycles. The number of carbonyl (C=O) groups excluding carboxylic acids is 3. The van der Waals surface area contributed by atoms with Crippen LogP contribution in [-0.2, 0) is 20.9 Å². The Hall–Kier alpha value is -3.06. The summed E-state index contributed by atoms with van der Waals surface area (Å²) in [4.78, 5) is 38.8.